The molecule has 0 aromatic carbocycles. The SMILES string of the molecule is Cc1cc2c(NCCCS(N)(=O)=O)nccn2n1. The number of hydrogen-bond donors (Lipinski definition) is 2. The first-order valence-electron chi connectivity index (χ1n) is 5.51. The summed E-state index contributed by atoms with van der Waals surface area (Å²) in [7, 11) is -3.39. The van der Waals surface area contributed by atoms with Crippen molar-refractivity contribution < 1.29 is 8.42 Å². The van der Waals surface area contributed by atoms with Gasteiger partial charge in [0.05, 0.1) is 11.4 Å². The quantitative estimate of drug-likeness (QED) is 0.751. The lowest BCUT2D eigenvalue weighted by Crippen LogP contribution is -2.19. The zero-order valence-corrected chi connectivity index (χ0v) is 10.8. The van der Waals surface area contributed by atoms with Gasteiger partial charge in [-0.1, -0.05) is 0 Å². The Bertz CT molecular complexity index is 649. The molecule has 0 aliphatic carbocycles. The van der Waals surface area contributed by atoms with Gasteiger partial charge in [-0.25, -0.2) is 23.1 Å². The van der Waals surface area contributed by atoms with Gasteiger partial charge in [0.2, 0.25) is 10.0 Å². The molecule has 0 radical (unpaired) electrons. The van der Waals surface area contributed by atoms with Crippen molar-refractivity contribution in [2.75, 3.05) is 17.6 Å². The minimum atomic E-state index is -3.39. The molecule has 0 unspecified atom stereocenters. The van der Waals surface area contributed by atoms with Gasteiger partial charge in [-0.3, -0.25) is 0 Å². The van der Waals surface area contributed by atoms with Crippen LogP contribution < -0.4 is 10.5 Å². The number of hydrogen-bond acceptors (Lipinski definition) is 5. The number of aryl methyl sites for hydroxylation is 1. The predicted molar refractivity (Wildman–Crippen MR) is 68.8 cm³/mol. The minimum absolute atomic E-state index is 0.0403. The number of sulfonamides is 1. The molecular formula is C10H15N5O2S. The Morgan fingerprint density at radius 3 is 3.00 bits per heavy atom. The van der Waals surface area contributed by atoms with Gasteiger partial charge in [0.1, 0.15) is 5.52 Å². The Labute approximate surface area is 105 Å². The monoisotopic (exact) mass is 269 g/mol. The molecule has 0 saturated heterocycles. The average molecular weight is 269 g/mol. The lowest BCUT2D eigenvalue weighted by molar-refractivity contribution is 0.596. The van der Waals surface area contributed by atoms with Crippen LogP contribution in [0.15, 0.2) is 18.5 Å². The smallest absolute Gasteiger partial charge is 0.209 e. The Hall–Kier alpha value is -1.67. The average Bonchev–Trinajstić information content (AvgIpc) is 2.64. The van der Waals surface area contributed by atoms with E-state index in [-0.39, 0.29) is 5.75 Å². The first-order valence-corrected chi connectivity index (χ1v) is 7.22. The van der Waals surface area contributed by atoms with Crippen molar-refractivity contribution in [3.8, 4) is 0 Å². The molecule has 0 aliphatic rings. The fourth-order valence-corrected chi connectivity index (χ4v) is 2.21. The molecule has 2 heterocycles. The van der Waals surface area contributed by atoms with E-state index in [0.717, 1.165) is 11.2 Å². The van der Waals surface area contributed by atoms with E-state index in [4.69, 9.17) is 5.14 Å². The van der Waals surface area contributed by atoms with E-state index in [0.29, 0.717) is 18.8 Å². The van der Waals surface area contributed by atoms with Crippen molar-refractivity contribution in [1.29, 1.82) is 0 Å². The summed E-state index contributed by atoms with van der Waals surface area (Å²) >= 11 is 0. The van der Waals surface area contributed by atoms with Crippen molar-refractivity contribution in [2.45, 2.75) is 13.3 Å². The maximum Gasteiger partial charge on any atom is 0.209 e. The fraction of sp³-hybridized carbons (Fsp3) is 0.400. The van der Waals surface area contributed by atoms with Crippen LogP contribution in [0.2, 0.25) is 0 Å². The van der Waals surface area contributed by atoms with Crippen LogP contribution in [0.1, 0.15) is 12.1 Å². The highest BCUT2D eigenvalue weighted by atomic mass is 32.2. The van der Waals surface area contributed by atoms with Crippen molar-refractivity contribution in [3.05, 3.63) is 24.2 Å². The fourth-order valence-electron chi connectivity index (χ4n) is 1.66. The first-order chi connectivity index (χ1) is 8.46. The maximum atomic E-state index is 10.8. The highest BCUT2D eigenvalue weighted by Crippen LogP contribution is 2.14. The van der Waals surface area contributed by atoms with Gasteiger partial charge in [-0.05, 0) is 19.4 Å². The number of fused-ring (bicyclic) bond motifs is 1. The molecule has 3 N–H and O–H groups in total. The number of nitrogens with two attached hydrogens (primary N) is 1. The van der Waals surface area contributed by atoms with Crippen LogP contribution in [0.25, 0.3) is 5.52 Å². The molecule has 0 aliphatic heterocycles. The number of anilines is 1. The third-order valence-electron chi connectivity index (χ3n) is 2.41. The summed E-state index contributed by atoms with van der Waals surface area (Å²) in [6, 6.07) is 1.91. The number of nitrogens with zero attached hydrogens (tertiary/aromatic N) is 3. The van der Waals surface area contributed by atoms with Crippen LogP contribution >= 0.6 is 0 Å². The van der Waals surface area contributed by atoms with Crippen molar-refractivity contribution in [3.63, 3.8) is 0 Å². The van der Waals surface area contributed by atoms with Gasteiger partial charge >= 0.3 is 0 Å². The lowest BCUT2D eigenvalue weighted by atomic mass is 10.4. The van der Waals surface area contributed by atoms with E-state index in [1.54, 1.807) is 16.9 Å². The summed E-state index contributed by atoms with van der Waals surface area (Å²) in [5, 5.41) is 12.3. The number of rotatable bonds is 5. The molecule has 0 amide bonds. The molecular weight excluding hydrogens is 254 g/mol. The van der Waals surface area contributed by atoms with Gasteiger partial charge in [0.25, 0.3) is 0 Å². The van der Waals surface area contributed by atoms with Crippen LogP contribution in [-0.4, -0.2) is 35.3 Å². The van der Waals surface area contributed by atoms with Gasteiger partial charge in [-0.15, -0.1) is 0 Å². The van der Waals surface area contributed by atoms with Gasteiger partial charge in [-0.2, -0.15) is 5.10 Å². The largest absolute Gasteiger partial charge is 0.368 e. The summed E-state index contributed by atoms with van der Waals surface area (Å²) in [6.45, 7) is 2.39. The van der Waals surface area contributed by atoms with E-state index in [2.05, 4.69) is 15.4 Å². The topological polar surface area (TPSA) is 102 Å². The molecule has 98 valence electrons. The number of primary sulfonamides is 1. The summed E-state index contributed by atoms with van der Waals surface area (Å²) in [4.78, 5) is 4.20. The molecule has 0 atom stereocenters. The Kier molecular flexibility index (Phi) is 3.48. The highest BCUT2D eigenvalue weighted by Gasteiger charge is 2.06. The molecule has 18 heavy (non-hydrogen) atoms. The van der Waals surface area contributed by atoms with Crippen molar-refractivity contribution in [2.24, 2.45) is 5.14 Å². The van der Waals surface area contributed by atoms with Crippen molar-refractivity contribution >= 4 is 21.4 Å². The lowest BCUT2D eigenvalue weighted by Gasteiger charge is -2.05. The summed E-state index contributed by atoms with van der Waals surface area (Å²) < 4.78 is 23.3. The predicted octanol–water partition coefficient (Wildman–Crippen LogP) is 0.128. The van der Waals surface area contributed by atoms with E-state index in [9.17, 15) is 8.42 Å². The van der Waals surface area contributed by atoms with E-state index in [1.807, 2.05) is 13.0 Å². The minimum Gasteiger partial charge on any atom is -0.368 e. The second kappa shape index (κ2) is 4.91. The summed E-state index contributed by atoms with van der Waals surface area (Å²) in [6.07, 6.45) is 3.84. The molecule has 0 saturated carbocycles. The molecule has 0 bridgehead atoms. The maximum absolute atomic E-state index is 10.8. The summed E-state index contributed by atoms with van der Waals surface area (Å²) in [5.41, 5.74) is 1.76. The van der Waals surface area contributed by atoms with Crippen LogP contribution in [0.5, 0.6) is 0 Å². The zero-order chi connectivity index (χ0) is 13.2. The zero-order valence-electron chi connectivity index (χ0n) is 10.00. The summed E-state index contributed by atoms with van der Waals surface area (Å²) in [5.74, 6) is 0.647. The molecule has 0 fully saturated rings. The third kappa shape index (κ3) is 3.17. The molecule has 2 aromatic heterocycles. The first kappa shape index (κ1) is 12.8. The Morgan fingerprint density at radius 1 is 1.50 bits per heavy atom. The third-order valence-corrected chi connectivity index (χ3v) is 3.27. The molecule has 8 heteroatoms. The van der Waals surface area contributed by atoms with Crippen LogP contribution in [-0.2, 0) is 10.0 Å². The van der Waals surface area contributed by atoms with E-state index >= 15 is 0 Å². The van der Waals surface area contributed by atoms with Gasteiger partial charge in [0, 0.05) is 18.9 Å². The second-order valence-corrected chi connectivity index (χ2v) is 5.77. The highest BCUT2D eigenvalue weighted by molar-refractivity contribution is 7.89. The molecule has 2 aromatic rings. The van der Waals surface area contributed by atoms with E-state index < -0.39 is 10.0 Å². The molecule has 7 nitrogen and oxygen atoms in total. The van der Waals surface area contributed by atoms with Crippen LogP contribution in [0.3, 0.4) is 0 Å². The van der Waals surface area contributed by atoms with Gasteiger partial charge in [0.15, 0.2) is 5.82 Å². The Morgan fingerprint density at radius 2 is 2.28 bits per heavy atom. The standard InChI is InChI=1S/C10H15N5O2S/c1-8-7-9-10(13-4-5-15(9)14-8)12-3-2-6-18(11,16)17/h4-5,7H,2-3,6H2,1H3,(H,12,13)(H2,11,16,17). The van der Waals surface area contributed by atoms with Gasteiger partial charge < -0.3 is 5.32 Å². The molecule has 2 rings (SSSR count). The van der Waals surface area contributed by atoms with E-state index in [1.165, 1.54) is 0 Å². The number of nitrogens with one attached hydrogen (secondary N) is 1. The van der Waals surface area contributed by atoms with Crippen LogP contribution in [0, 0.1) is 6.92 Å². The Balaban J connectivity index is 2.03. The normalized spacial score (nSPS) is 11.9. The number of aromatic nitrogens is 3. The van der Waals surface area contributed by atoms with Crippen molar-refractivity contribution in [1.82, 2.24) is 14.6 Å². The van der Waals surface area contributed by atoms with Crippen LogP contribution in [0.4, 0.5) is 5.82 Å². The second-order valence-electron chi connectivity index (χ2n) is 4.04. The molecule has 0 spiro atoms.